The van der Waals surface area contributed by atoms with E-state index in [1.54, 1.807) is 26.2 Å². The molecule has 0 radical (unpaired) electrons. The van der Waals surface area contributed by atoms with Crippen molar-refractivity contribution in [3.8, 4) is 0 Å². The Kier molecular flexibility index (Phi) is 10.5. The lowest BCUT2D eigenvalue weighted by Crippen LogP contribution is -2.71. The van der Waals surface area contributed by atoms with Crippen molar-refractivity contribution in [1.82, 2.24) is 14.8 Å². The summed E-state index contributed by atoms with van der Waals surface area (Å²) in [6, 6.07) is 10.3. The van der Waals surface area contributed by atoms with Crippen LogP contribution < -0.4 is 4.90 Å². The zero-order chi connectivity index (χ0) is 36.5. The molecule has 1 fully saturated rings. The van der Waals surface area contributed by atoms with Crippen molar-refractivity contribution < 1.29 is 59.0 Å². The summed E-state index contributed by atoms with van der Waals surface area (Å²) in [5.74, 6) is -4.23. The van der Waals surface area contributed by atoms with E-state index in [4.69, 9.17) is 9.90 Å². The number of amides is 2. The molecule has 1 N–H and O–H groups in total. The van der Waals surface area contributed by atoms with Crippen LogP contribution in [0.25, 0.3) is 0 Å². The first kappa shape index (κ1) is 37.0. The molecule has 264 valence electrons. The number of alkyl halides is 9. The lowest BCUT2D eigenvalue weighted by molar-refractivity contribution is -0.192. The molecule has 3 aromatic rings. The Morgan fingerprint density at radius 3 is 1.92 bits per heavy atom. The maximum atomic E-state index is 13.9. The molecular formula is C32H29F9N4O4. The first-order valence-electron chi connectivity index (χ1n) is 14.6. The predicted octanol–water partition coefficient (Wildman–Crippen LogP) is 6.65. The second-order valence-corrected chi connectivity index (χ2v) is 11.6. The minimum Gasteiger partial charge on any atom is -0.475 e. The fraction of sp³-hybridized carbons (Fsp3) is 0.375. The van der Waals surface area contributed by atoms with Crippen LogP contribution in [0.2, 0.25) is 0 Å². The largest absolute Gasteiger partial charge is 0.490 e. The molecule has 0 saturated carbocycles. The highest BCUT2D eigenvalue weighted by atomic mass is 19.4. The van der Waals surface area contributed by atoms with Crippen molar-refractivity contribution in [2.24, 2.45) is 5.92 Å². The zero-order valence-corrected chi connectivity index (χ0v) is 25.8. The quantitative estimate of drug-likeness (QED) is 0.289. The summed E-state index contributed by atoms with van der Waals surface area (Å²) in [5.41, 5.74) is -0.170. The topological polar surface area (TPSA) is 94.1 Å². The van der Waals surface area contributed by atoms with E-state index in [-0.39, 0.29) is 18.7 Å². The molecule has 2 aromatic carbocycles. The van der Waals surface area contributed by atoms with Gasteiger partial charge in [0.05, 0.1) is 28.9 Å². The molecule has 1 saturated heterocycles. The number of carboxylic acid groups (broad SMARTS) is 1. The number of anilines is 1. The van der Waals surface area contributed by atoms with Crippen LogP contribution in [0.1, 0.15) is 46.5 Å². The maximum absolute atomic E-state index is 13.9. The van der Waals surface area contributed by atoms with Gasteiger partial charge in [-0.1, -0.05) is 26.0 Å². The number of pyridine rings is 1. The van der Waals surface area contributed by atoms with Crippen LogP contribution in [-0.2, 0) is 34.9 Å². The number of halogens is 9. The van der Waals surface area contributed by atoms with Crippen LogP contribution in [0.3, 0.4) is 0 Å². The molecule has 17 heteroatoms. The SMILES string of the molecule is CC(C)[C@H]1C(=O)N(Cc2ccc(C(F)(F)F)cc2)CC2N(CCc3ccncc3)c3ccc(C(F)(F)F)cc3C(=O)N21.O=C(O)C(F)(F)F. The van der Waals surface area contributed by atoms with Gasteiger partial charge in [0, 0.05) is 25.5 Å². The fourth-order valence-electron chi connectivity index (χ4n) is 5.65. The number of rotatable bonds is 6. The van der Waals surface area contributed by atoms with Gasteiger partial charge < -0.3 is 19.8 Å². The number of hydrogen-bond donors (Lipinski definition) is 1. The van der Waals surface area contributed by atoms with Crippen LogP contribution in [0, 0.1) is 5.92 Å². The second-order valence-electron chi connectivity index (χ2n) is 11.6. The summed E-state index contributed by atoms with van der Waals surface area (Å²) in [6.45, 7) is 3.85. The van der Waals surface area contributed by atoms with Crippen LogP contribution in [0.15, 0.2) is 67.0 Å². The summed E-state index contributed by atoms with van der Waals surface area (Å²) < 4.78 is 112. The molecule has 3 heterocycles. The molecule has 0 spiro atoms. The van der Waals surface area contributed by atoms with Crippen LogP contribution in [0.5, 0.6) is 0 Å². The average Bonchev–Trinajstić information content (AvgIpc) is 3.01. The number of carboxylic acids is 1. The molecule has 0 bridgehead atoms. The van der Waals surface area contributed by atoms with Crippen LogP contribution >= 0.6 is 0 Å². The van der Waals surface area contributed by atoms with Crippen LogP contribution in [0.4, 0.5) is 45.2 Å². The Balaban J connectivity index is 0.000000698. The van der Waals surface area contributed by atoms with E-state index in [2.05, 4.69) is 4.98 Å². The summed E-state index contributed by atoms with van der Waals surface area (Å²) in [4.78, 5) is 45.3. The minimum absolute atomic E-state index is 0.0107. The van der Waals surface area contributed by atoms with Gasteiger partial charge in [0.1, 0.15) is 12.2 Å². The summed E-state index contributed by atoms with van der Waals surface area (Å²) in [5, 5.41) is 7.12. The van der Waals surface area contributed by atoms with Gasteiger partial charge >= 0.3 is 24.5 Å². The minimum atomic E-state index is -5.08. The van der Waals surface area contributed by atoms with Gasteiger partial charge in [-0.05, 0) is 65.9 Å². The van der Waals surface area contributed by atoms with Gasteiger partial charge in [0.15, 0.2) is 0 Å². The molecule has 2 amide bonds. The first-order chi connectivity index (χ1) is 22.7. The van der Waals surface area contributed by atoms with Gasteiger partial charge in [0.2, 0.25) is 5.91 Å². The number of aliphatic carboxylic acids is 1. The van der Waals surface area contributed by atoms with E-state index in [0.29, 0.717) is 24.2 Å². The summed E-state index contributed by atoms with van der Waals surface area (Å²) >= 11 is 0. The van der Waals surface area contributed by atoms with Crippen molar-refractivity contribution in [2.45, 2.75) is 57.5 Å². The highest BCUT2D eigenvalue weighted by Crippen LogP contribution is 2.40. The van der Waals surface area contributed by atoms with Crippen molar-refractivity contribution in [3.05, 3.63) is 94.8 Å². The number of fused-ring (bicyclic) bond motifs is 2. The Morgan fingerprint density at radius 2 is 1.41 bits per heavy atom. The molecule has 49 heavy (non-hydrogen) atoms. The molecule has 5 rings (SSSR count). The summed E-state index contributed by atoms with van der Waals surface area (Å²) in [7, 11) is 0. The lowest BCUT2D eigenvalue weighted by Gasteiger charge is -2.54. The zero-order valence-electron chi connectivity index (χ0n) is 25.8. The second kappa shape index (κ2) is 14.0. The monoisotopic (exact) mass is 704 g/mol. The molecule has 1 unspecified atom stereocenters. The van der Waals surface area contributed by atoms with Crippen LogP contribution in [-0.4, -0.2) is 69.1 Å². The number of benzene rings is 2. The fourth-order valence-corrected chi connectivity index (χ4v) is 5.65. The third kappa shape index (κ3) is 8.43. The Bertz CT molecular complexity index is 1660. The standard InChI is InChI=1S/C30H28F6N4O2.C2HF3O2/c1-18(2)26-28(42)38(16-20-3-5-21(6-4-20)29(31,32)33)17-25-39(14-11-19-9-12-37-13-10-19)24-8-7-22(30(34,35)36)15-23(24)27(41)40(25)26;3-2(4,5)1(6)7/h3-10,12-13,15,18,25-26H,11,14,16-17H2,1-2H3;(H,6,7)/t25?,26-;/m0./s1. The number of carbonyl (C=O) groups is 3. The Hall–Kier alpha value is -4.83. The molecule has 2 atom stereocenters. The van der Waals surface area contributed by atoms with E-state index in [0.717, 1.165) is 29.8 Å². The predicted molar refractivity (Wildman–Crippen MR) is 156 cm³/mol. The maximum Gasteiger partial charge on any atom is 0.490 e. The third-order valence-corrected chi connectivity index (χ3v) is 7.95. The van der Waals surface area contributed by atoms with Gasteiger partial charge in [-0.25, -0.2) is 4.79 Å². The lowest BCUT2D eigenvalue weighted by atomic mass is 9.92. The normalized spacial score (nSPS) is 18.2. The first-order valence-corrected chi connectivity index (χ1v) is 14.6. The van der Waals surface area contributed by atoms with Crippen molar-refractivity contribution >= 4 is 23.5 Å². The number of piperazine rings is 1. The van der Waals surface area contributed by atoms with E-state index < -0.39 is 65.6 Å². The van der Waals surface area contributed by atoms with Gasteiger partial charge in [-0.3, -0.25) is 14.6 Å². The third-order valence-electron chi connectivity index (χ3n) is 7.95. The molecule has 2 aliphatic heterocycles. The van der Waals surface area contributed by atoms with E-state index in [1.807, 2.05) is 17.0 Å². The molecule has 2 aliphatic rings. The van der Waals surface area contributed by atoms with E-state index in [1.165, 1.54) is 28.0 Å². The van der Waals surface area contributed by atoms with Crippen molar-refractivity contribution in [1.29, 1.82) is 0 Å². The highest BCUT2D eigenvalue weighted by Gasteiger charge is 2.50. The smallest absolute Gasteiger partial charge is 0.475 e. The Morgan fingerprint density at radius 1 is 0.857 bits per heavy atom. The molecule has 0 aliphatic carbocycles. The molecule has 1 aromatic heterocycles. The van der Waals surface area contributed by atoms with Gasteiger partial charge in [-0.2, -0.15) is 39.5 Å². The number of nitrogens with zero attached hydrogens (tertiary/aromatic N) is 4. The molecule has 8 nitrogen and oxygen atoms in total. The van der Waals surface area contributed by atoms with Crippen molar-refractivity contribution in [2.75, 3.05) is 18.0 Å². The Labute approximate surface area is 273 Å². The highest BCUT2D eigenvalue weighted by molar-refractivity contribution is 6.05. The number of hydrogen-bond acceptors (Lipinski definition) is 5. The van der Waals surface area contributed by atoms with Crippen molar-refractivity contribution in [3.63, 3.8) is 0 Å². The number of carbonyl (C=O) groups excluding carboxylic acids is 2. The van der Waals surface area contributed by atoms with Gasteiger partial charge in [-0.15, -0.1) is 0 Å². The van der Waals surface area contributed by atoms with E-state index >= 15 is 0 Å². The summed E-state index contributed by atoms with van der Waals surface area (Å²) in [6.07, 6.45) is -11.2. The molecular weight excluding hydrogens is 675 g/mol. The average molecular weight is 705 g/mol. The van der Waals surface area contributed by atoms with E-state index in [9.17, 15) is 49.1 Å². The number of aromatic nitrogens is 1. The van der Waals surface area contributed by atoms with Gasteiger partial charge in [0.25, 0.3) is 5.91 Å².